The molecule has 5 unspecified atom stereocenters. The van der Waals surface area contributed by atoms with Gasteiger partial charge >= 0.3 is 5.97 Å². The van der Waals surface area contributed by atoms with E-state index in [-0.39, 0.29) is 18.5 Å². The van der Waals surface area contributed by atoms with Gasteiger partial charge in [0, 0.05) is 25.6 Å². The summed E-state index contributed by atoms with van der Waals surface area (Å²) in [5.41, 5.74) is 36.5. The molecule has 2 heterocycles. The molecule has 1 aromatic carbocycles. The average molecular weight is 661 g/mol. The third-order valence-corrected chi connectivity index (χ3v) is 8.19. The van der Waals surface area contributed by atoms with Gasteiger partial charge in [0.2, 0.25) is 0 Å². The molecule has 0 spiro atoms. The highest BCUT2D eigenvalue weighted by molar-refractivity contribution is 5.89. The van der Waals surface area contributed by atoms with Crippen LogP contribution >= 0.6 is 0 Å². The average Bonchev–Trinajstić information content (AvgIpc) is 3.36. The predicted molar refractivity (Wildman–Crippen MR) is 154 cm³/mol. The number of rotatable bonds is 12. The van der Waals surface area contributed by atoms with E-state index in [0.717, 1.165) is 0 Å². The first-order valence-electron chi connectivity index (χ1n) is 14.3. The molecule has 22 heteroatoms. The van der Waals surface area contributed by atoms with E-state index in [9.17, 15) is 30.8 Å². The van der Waals surface area contributed by atoms with Gasteiger partial charge in [-0.2, -0.15) is 0 Å². The van der Waals surface area contributed by atoms with Crippen molar-refractivity contribution < 1.29 is 48.9 Å². The van der Waals surface area contributed by atoms with Crippen LogP contribution < -0.4 is 0 Å². The molecule has 3 fully saturated rings. The predicted octanol–water partition coefficient (Wildman–Crippen LogP) is 1.89. The van der Waals surface area contributed by atoms with Crippen molar-refractivity contribution in [2.75, 3.05) is 13.2 Å². The lowest BCUT2D eigenvalue weighted by atomic mass is 9.84. The number of hydrogen-bond acceptors (Lipinski definition) is 14. The highest BCUT2D eigenvalue weighted by Gasteiger charge is 2.54. The lowest BCUT2D eigenvalue weighted by Crippen LogP contribution is -2.63. The molecule has 0 radical (unpaired) electrons. The first-order valence-corrected chi connectivity index (χ1v) is 14.3. The van der Waals surface area contributed by atoms with Crippen molar-refractivity contribution in [3.63, 3.8) is 0 Å². The number of aliphatic hydroxyl groups is 4. The second-order valence-corrected chi connectivity index (χ2v) is 10.9. The van der Waals surface area contributed by atoms with Gasteiger partial charge in [-0.15, -0.1) is 0 Å². The van der Waals surface area contributed by atoms with Crippen molar-refractivity contribution in [3.05, 3.63) is 77.7 Å². The summed E-state index contributed by atoms with van der Waals surface area (Å²) in [5, 5.41) is 56.8. The summed E-state index contributed by atoms with van der Waals surface area (Å²) < 4.78 is 29.4. The number of ether oxygens (including phenoxy) is 5. The zero-order chi connectivity index (χ0) is 34.1. The molecule has 4 rings (SSSR count). The van der Waals surface area contributed by atoms with Crippen molar-refractivity contribution >= 4 is 5.97 Å². The van der Waals surface area contributed by atoms with E-state index in [0.29, 0.717) is 0 Å². The van der Waals surface area contributed by atoms with Gasteiger partial charge in [-0.25, -0.2) is 4.79 Å². The maximum Gasteiger partial charge on any atom is 0.338 e. The molecule has 14 atom stereocenters. The Hall–Kier alpha value is -4.39. The van der Waals surface area contributed by atoms with Crippen LogP contribution in [0.4, 0.5) is 0 Å². The van der Waals surface area contributed by atoms with E-state index in [1.165, 1.54) is 12.1 Å². The van der Waals surface area contributed by atoms with Gasteiger partial charge < -0.3 is 44.1 Å². The molecule has 3 aliphatic rings. The molecule has 4 N–H and O–H groups in total. The smallest absolute Gasteiger partial charge is 0.338 e. The number of carbonyl (C=O) groups is 1. The fourth-order valence-corrected chi connectivity index (χ4v) is 5.72. The van der Waals surface area contributed by atoms with Crippen LogP contribution in [0.2, 0.25) is 0 Å². The minimum absolute atomic E-state index is 0.169. The Kier molecular flexibility index (Phi) is 12.4. The fourth-order valence-electron chi connectivity index (χ4n) is 5.72. The summed E-state index contributed by atoms with van der Waals surface area (Å²) in [5.74, 6) is -1.34. The van der Waals surface area contributed by atoms with Crippen LogP contribution in [-0.2, 0) is 23.7 Å². The van der Waals surface area contributed by atoms with Crippen molar-refractivity contribution in [2.45, 2.75) is 92.9 Å². The Morgan fingerprint density at radius 2 is 1.47 bits per heavy atom. The highest BCUT2D eigenvalue weighted by Crippen LogP contribution is 2.37. The van der Waals surface area contributed by atoms with Crippen molar-refractivity contribution in [1.82, 2.24) is 0 Å². The van der Waals surface area contributed by atoms with Crippen LogP contribution in [0.15, 0.2) is 50.8 Å². The molecule has 2 saturated heterocycles. The Morgan fingerprint density at radius 3 is 2.11 bits per heavy atom. The van der Waals surface area contributed by atoms with Crippen molar-refractivity contribution in [1.29, 1.82) is 0 Å². The van der Waals surface area contributed by atoms with Gasteiger partial charge in [-0.05, 0) is 40.7 Å². The van der Waals surface area contributed by atoms with Gasteiger partial charge in [0.05, 0.1) is 49.1 Å². The van der Waals surface area contributed by atoms with E-state index in [4.69, 9.17) is 40.3 Å². The molecule has 0 amide bonds. The molecule has 1 aliphatic carbocycles. The van der Waals surface area contributed by atoms with Gasteiger partial charge in [-0.3, -0.25) is 0 Å². The summed E-state index contributed by atoms with van der Waals surface area (Å²) in [7, 11) is 0. The van der Waals surface area contributed by atoms with E-state index in [2.05, 4.69) is 40.1 Å². The molecule has 47 heavy (non-hydrogen) atoms. The summed E-state index contributed by atoms with van der Waals surface area (Å²) in [4.78, 5) is 23.9. The summed E-state index contributed by atoms with van der Waals surface area (Å²) in [6.07, 6.45) is -15.0. The maximum atomic E-state index is 13.0. The number of aliphatic hydroxyl groups excluding tert-OH is 4. The number of hydrogen-bond donors (Lipinski definition) is 4. The summed E-state index contributed by atoms with van der Waals surface area (Å²) >= 11 is 0. The Balaban J connectivity index is 1.65. The van der Waals surface area contributed by atoms with E-state index in [1.54, 1.807) is 25.1 Å². The fraction of sp³-hybridized carbons (Fsp3) is 0.720. The number of azide groups is 4. The number of carbonyl (C=O) groups excluding carboxylic acids is 1. The zero-order valence-electron chi connectivity index (χ0n) is 24.7. The third-order valence-electron chi connectivity index (χ3n) is 8.19. The van der Waals surface area contributed by atoms with Crippen LogP contribution in [0.3, 0.4) is 0 Å². The number of benzene rings is 1. The monoisotopic (exact) mass is 660 g/mol. The second kappa shape index (κ2) is 16.4. The maximum absolute atomic E-state index is 13.0. The Labute approximate surface area is 265 Å². The summed E-state index contributed by atoms with van der Waals surface area (Å²) in [6, 6.07) is 4.05. The number of esters is 1. The minimum atomic E-state index is -1.80. The topological polar surface area (TPSA) is 339 Å². The molecule has 2 aliphatic heterocycles. The lowest BCUT2D eigenvalue weighted by Gasteiger charge is -2.46. The van der Waals surface area contributed by atoms with Gasteiger partial charge in [0.25, 0.3) is 0 Å². The molecular formula is C25H32N12O10. The molecule has 0 bridgehead atoms. The Bertz CT molecular complexity index is 1430. The largest absolute Gasteiger partial charge is 0.453 e. The van der Waals surface area contributed by atoms with Crippen molar-refractivity contribution in [3.8, 4) is 0 Å². The van der Waals surface area contributed by atoms with Crippen LogP contribution in [0.25, 0.3) is 41.8 Å². The SMILES string of the molecule is C[C@@H]1C(OC(=O)c2ccccc2)[C@H](O[C@@H]2C(N=[N+]=[N-])[C@@H](O[C@@H]3C(N=[N+]=[N-])C[C@@H](N=[N+]=[N-])C(O)[C@H]3O)OC(CO)[C@H]2O)O[C@@H]1CN=[N+]=[N-]. The van der Waals surface area contributed by atoms with Crippen LogP contribution in [0.1, 0.15) is 23.7 Å². The number of nitrogens with zero attached hydrogens (tertiary/aromatic N) is 12. The normalized spacial score (nSPS) is 38.1. The summed E-state index contributed by atoms with van der Waals surface area (Å²) in [6.45, 7) is 0.691. The first-order chi connectivity index (χ1) is 22.7. The van der Waals surface area contributed by atoms with Gasteiger partial charge in [-0.1, -0.05) is 45.6 Å². The molecule has 1 aromatic rings. The van der Waals surface area contributed by atoms with Gasteiger partial charge in [0.1, 0.15) is 30.5 Å². The quantitative estimate of drug-likeness (QED) is 0.109. The molecule has 22 nitrogen and oxygen atoms in total. The molecule has 0 aromatic heterocycles. The standard InChI is InChI=1S/C25H32N12O10/c1-10-14(8-30-34-26)43-25(20(10)45-23(42)11-5-3-2-4-6-11)47-22-16(33-37-29)24(44-15(9-38)18(22)40)46-21-13(32-36-28)7-12(31-35-27)17(39)19(21)41/h2-6,10,12-22,24-25,38-41H,7-9H2,1H3/t10-,12+,13?,14+,15?,16?,17?,18+,19+,20?,21+,22+,24+,25-/m0/s1. The van der Waals surface area contributed by atoms with Crippen molar-refractivity contribution in [2.24, 2.45) is 26.4 Å². The van der Waals surface area contributed by atoms with Crippen LogP contribution in [-0.4, -0.2) is 119 Å². The zero-order valence-corrected chi connectivity index (χ0v) is 24.7. The first kappa shape index (κ1) is 35.5. The minimum Gasteiger partial charge on any atom is -0.453 e. The highest BCUT2D eigenvalue weighted by atomic mass is 16.7. The van der Waals surface area contributed by atoms with E-state index in [1.807, 2.05) is 0 Å². The molecule has 252 valence electrons. The lowest BCUT2D eigenvalue weighted by molar-refractivity contribution is -0.316. The molecular weight excluding hydrogens is 628 g/mol. The molecule has 1 saturated carbocycles. The van der Waals surface area contributed by atoms with E-state index < -0.39 is 98.0 Å². The van der Waals surface area contributed by atoms with E-state index >= 15 is 0 Å². The second-order valence-electron chi connectivity index (χ2n) is 10.9. The van der Waals surface area contributed by atoms with Gasteiger partial charge in [0.15, 0.2) is 18.7 Å². The van der Waals surface area contributed by atoms with Crippen LogP contribution in [0.5, 0.6) is 0 Å². The van der Waals surface area contributed by atoms with Crippen LogP contribution in [0, 0.1) is 5.92 Å². The third kappa shape index (κ3) is 7.95. The Morgan fingerprint density at radius 1 is 0.830 bits per heavy atom.